The highest BCUT2D eigenvalue weighted by molar-refractivity contribution is 5.79. The SMILES string of the molecule is CNC1CC(Oc2cnc3ccccc3c2)C1OC. The van der Waals surface area contributed by atoms with Gasteiger partial charge in [-0.2, -0.15) is 0 Å². The van der Waals surface area contributed by atoms with Gasteiger partial charge in [0.1, 0.15) is 18.0 Å². The van der Waals surface area contributed by atoms with E-state index in [1.54, 1.807) is 13.3 Å². The number of para-hydroxylation sites is 1. The van der Waals surface area contributed by atoms with Crippen LogP contribution in [0.2, 0.25) is 0 Å². The third-order valence-corrected chi connectivity index (χ3v) is 3.75. The predicted molar refractivity (Wildman–Crippen MR) is 74.4 cm³/mol. The van der Waals surface area contributed by atoms with E-state index in [9.17, 15) is 0 Å². The summed E-state index contributed by atoms with van der Waals surface area (Å²) < 4.78 is 11.4. The van der Waals surface area contributed by atoms with E-state index in [1.165, 1.54) is 0 Å². The Morgan fingerprint density at radius 3 is 2.95 bits per heavy atom. The number of rotatable bonds is 4. The summed E-state index contributed by atoms with van der Waals surface area (Å²) in [5, 5.41) is 4.32. The number of fused-ring (bicyclic) bond motifs is 1. The van der Waals surface area contributed by atoms with Crippen molar-refractivity contribution >= 4 is 10.9 Å². The molecule has 1 saturated carbocycles. The van der Waals surface area contributed by atoms with Gasteiger partial charge in [-0.3, -0.25) is 4.98 Å². The average molecular weight is 258 g/mol. The van der Waals surface area contributed by atoms with E-state index in [1.807, 2.05) is 37.4 Å². The second kappa shape index (κ2) is 5.15. The van der Waals surface area contributed by atoms with Crippen molar-refractivity contribution in [1.82, 2.24) is 10.3 Å². The summed E-state index contributed by atoms with van der Waals surface area (Å²) in [6.07, 6.45) is 2.95. The van der Waals surface area contributed by atoms with Gasteiger partial charge in [0, 0.05) is 25.0 Å². The van der Waals surface area contributed by atoms with Gasteiger partial charge in [0.15, 0.2) is 0 Å². The molecule has 1 heterocycles. The van der Waals surface area contributed by atoms with E-state index in [2.05, 4.69) is 10.3 Å². The lowest BCUT2D eigenvalue weighted by atomic mass is 9.85. The number of nitrogens with zero attached hydrogens (tertiary/aromatic N) is 1. The molecule has 0 bridgehead atoms. The summed E-state index contributed by atoms with van der Waals surface area (Å²) in [6.45, 7) is 0. The molecule has 3 atom stereocenters. The molecule has 4 heteroatoms. The number of methoxy groups -OCH3 is 1. The van der Waals surface area contributed by atoms with Crippen molar-refractivity contribution in [3.8, 4) is 5.75 Å². The number of benzene rings is 1. The summed E-state index contributed by atoms with van der Waals surface area (Å²) in [5.74, 6) is 0.806. The zero-order chi connectivity index (χ0) is 13.2. The van der Waals surface area contributed by atoms with Crippen LogP contribution in [0.25, 0.3) is 10.9 Å². The predicted octanol–water partition coefficient (Wildman–Crippen LogP) is 1.99. The van der Waals surface area contributed by atoms with Crippen molar-refractivity contribution in [2.75, 3.05) is 14.2 Å². The topological polar surface area (TPSA) is 43.4 Å². The second-order valence-electron chi connectivity index (χ2n) is 4.85. The minimum atomic E-state index is 0.102. The molecule has 0 radical (unpaired) electrons. The van der Waals surface area contributed by atoms with Gasteiger partial charge in [0.05, 0.1) is 11.7 Å². The van der Waals surface area contributed by atoms with Crippen molar-refractivity contribution < 1.29 is 9.47 Å². The largest absolute Gasteiger partial charge is 0.486 e. The Balaban J connectivity index is 1.75. The highest BCUT2D eigenvalue weighted by Gasteiger charge is 2.42. The summed E-state index contributed by atoms with van der Waals surface area (Å²) in [4.78, 5) is 4.40. The average Bonchev–Trinajstić information content (AvgIpc) is 2.43. The molecule has 100 valence electrons. The van der Waals surface area contributed by atoms with Gasteiger partial charge in [-0.15, -0.1) is 0 Å². The number of ether oxygens (including phenoxy) is 2. The van der Waals surface area contributed by atoms with E-state index >= 15 is 0 Å². The first-order valence-corrected chi connectivity index (χ1v) is 6.53. The lowest BCUT2D eigenvalue weighted by Gasteiger charge is -2.42. The van der Waals surface area contributed by atoms with E-state index in [-0.39, 0.29) is 12.2 Å². The fraction of sp³-hybridized carbons (Fsp3) is 0.400. The normalized spacial score (nSPS) is 26.1. The van der Waals surface area contributed by atoms with Crippen LogP contribution in [0.1, 0.15) is 6.42 Å². The fourth-order valence-corrected chi connectivity index (χ4v) is 2.59. The summed E-state index contributed by atoms with van der Waals surface area (Å²) in [6, 6.07) is 10.4. The van der Waals surface area contributed by atoms with E-state index in [0.717, 1.165) is 23.1 Å². The number of likely N-dealkylation sites (N-methyl/N-ethyl adjacent to an activating group) is 1. The molecule has 1 aromatic heterocycles. The van der Waals surface area contributed by atoms with Crippen molar-refractivity contribution in [3.63, 3.8) is 0 Å². The minimum absolute atomic E-state index is 0.102. The van der Waals surface area contributed by atoms with E-state index in [4.69, 9.17) is 9.47 Å². The Morgan fingerprint density at radius 2 is 2.16 bits per heavy atom. The second-order valence-corrected chi connectivity index (χ2v) is 4.85. The van der Waals surface area contributed by atoms with Crippen LogP contribution in [-0.2, 0) is 4.74 Å². The number of hydrogen-bond acceptors (Lipinski definition) is 4. The molecular formula is C15H18N2O2. The van der Waals surface area contributed by atoms with Gasteiger partial charge < -0.3 is 14.8 Å². The van der Waals surface area contributed by atoms with Crippen molar-refractivity contribution in [2.24, 2.45) is 0 Å². The van der Waals surface area contributed by atoms with Gasteiger partial charge in [0.25, 0.3) is 0 Å². The van der Waals surface area contributed by atoms with Crippen LogP contribution in [0.4, 0.5) is 0 Å². The zero-order valence-corrected chi connectivity index (χ0v) is 11.2. The summed E-state index contributed by atoms with van der Waals surface area (Å²) in [5.41, 5.74) is 0.986. The molecule has 0 aliphatic heterocycles. The molecule has 1 N–H and O–H groups in total. The summed E-state index contributed by atoms with van der Waals surface area (Å²) >= 11 is 0. The Hall–Kier alpha value is -1.65. The van der Waals surface area contributed by atoms with Crippen LogP contribution < -0.4 is 10.1 Å². The lowest BCUT2D eigenvalue weighted by molar-refractivity contribution is -0.0870. The van der Waals surface area contributed by atoms with E-state index in [0.29, 0.717) is 6.04 Å². The van der Waals surface area contributed by atoms with Crippen LogP contribution in [0.15, 0.2) is 36.5 Å². The number of aromatic nitrogens is 1. The zero-order valence-electron chi connectivity index (χ0n) is 11.2. The quantitative estimate of drug-likeness (QED) is 0.910. The molecule has 19 heavy (non-hydrogen) atoms. The molecule has 0 spiro atoms. The maximum Gasteiger partial charge on any atom is 0.138 e. The van der Waals surface area contributed by atoms with Gasteiger partial charge in [-0.25, -0.2) is 0 Å². The molecule has 1 aliphatic carbocycles. The first-order valence-electron chi connectivity index (χ1n) is 6.53. The number of hydrogen-bond donors (Lipinski definition) is 1. The molecule has 0 saturated heterocycles. The molecule has 1 fully saturated rings. The molecule has 3 rings (SSSR count). The fourth-order valence-electron chi connectivity index (χ4n) is 2.59. The molecule has 3 unspecified atom stereocenters. The maximum absolute atomic E-state index is 5.97. The smallest absolute Gasteiger partial charge is 0.138 e. The van der Waals surface area contributed by atoms with Crippen molar-refractivity contribution in [1.29, 1.82) is 0 Å². The van der Waals surface area contributed by atoms with Crippen LogP contribution in [0, 0.1) is 0 Å². The van der Waals surface area contributed by atoms with E-state index < -0.39 is 0 Å². The van der Waals surface area contributed by atoms with Gasteiger partial charge in [-0.1, -0.05) is 18.2 Å². The standard InChI is InChI=1S/C15H18N2O2/c1-16-13-8-14(15(13)18-2)19-11-7-10-5-3-4-6-12(10)17-9-11/h3-7,9,13-16H,8H2,1-2H3. The summed E-state index contributed by atoms with van der Waals surface area (Å²) in [7, 11) is 3.67. The Kier molecular flexibility index (Phi) is 3.36. The molecule has 2 aromatic rings. The minimum Gasteiger partial charge on any atom is -0.486 e. The van der Waals surface area contributed by atoms with Crippen molar-refractivity contribution in [3.05, 3.63) is 36.5 Å². The molecule has 4 nitrogen and oxygen atoms in total. The third-order valence-electron chi connectivity index (χ3n) is 3.75. The maximum atomic E-state index is 5.97. The molecule has 1 aromatic carbocycles. The monoisotopic (exact) mass is 258 g/mol. The Bertz CT molecular complexity index is 573. The highest BCUT2D eigenvalue weighted by Crippen LogP contribution is 2.29. The third kappa shape index (κ3) is 2.29. The molecule has 0 amide bonds. The first-order chi connectivity index (χ1) is 9.31. The van der Waals surface area contributed by atoms with Gasteiger partial charge in [0.2, 0.25) is 0 Å². The van der Waals surface area contributed by atoms with Crippen LogP contribution in [0.3, 0.4) is 0 Å². The van der Waals surface area contributed by atoms with Crippen molar-refractivity contribution in [2.45, 2.75) is 24.7 Å². The first kappa shape index (κ1) is 12.4. The molecular weight excluding hydrogens is 240 g/mol. The Morgan fingerprint density at radius 1 is 1.32 bits per heavy atom. The van der Waals surface area contributed by atoms with Gasteiger partial charge >= 0.3 is 0 Å². The van der Waals surface area contributed by atoms with Crippen LogP contribution >= 0.6 is 0 Å². The number of pyridine rings is 1. The highest BCUT2D eigenvalue weighted by atomic mass is 16.5. The Labute approximate surface area is 112 Å². The van der Waals surface area contributed by atoms with Crippen LogP contribution in [0.5, 0.6) is 5.75 Å². The molecule has 1 aliphatic rings. The van der Waals surface area contributed by atoms with Gasteiger partial charge in [-0.05, 0) is 19.2 Å². The number of nitrogens with one attached hydrogen (secondary N) is 1. The lowest BCUT2D eigenvalue weighted by Crippen LogP contribution is -2.60. The van der Waals surface area contributed by atoms with Crippen LogP contribution in [-0.4, -0.2) is 37.4 Å².